The second kappa shape index (κ2) is 5.92. The number of nitrogens with one attached hydrogen (secondary N) is 1. The molecule has 0 aliphatic carbocycles. The first-order valence-corrected chi connectivity index (χ1v) is 8.33. The maximum atomic E-state index is 12.2. The molecular weight excluding hydrogens is 316 g/mol. The molecule has 2 N–H and O–H groups in total. The van der Waals surface area contributed by atoms with Gasteiger partial charge in [0.15, 0.2) is 0 Å². The van der Waals surface area contributed by atoms with Crippen molar-refractivity contribution in [2.75, 3.05) is 0 Å². The Morgan fingerprint density at radius 2 is 2.29 bits per heavy atom. The van der Waals surface area contributed by atoms with Crippen LogP contribution in [-0.2, 0) is 21.4 Å². The van der Waals surface area contributed by atoms with Crippen LogP contribution < -0.4 is 4.72 Å². The number of thiazole rings is 1. The first-order chi connectivity index (χ1) is 9.78. The third kappa shape index (κ3) is 3.86. The van der Waals surface area contributed by atoms with Gasteiger partial charge in [-0.05, 0) is 13.8 Å². The molecule has 2 aromatic rings. The predicted octanol–water partition coefficient (Wildman–Crippen LogP) is 0.772. The summed E-state index contributed by atoms with van der Waals surface area (Å²) >= 11 is 1.37. The minimum atomic E-state index is -3.77. The van der Waals surface area contributed by atoms with E-state index >= 15 is 0 Å². The third-order valence-electron chi connectivity index (χ3n) is 2.56. The molecule has 1 atom stereocenters. The molecule has 114 valence electrons. The van der Waals surface area contributed by atoms with Crippen molar-refractivity contribution >= 4 is 27.3 Å². The normalized spacial score (nSPS) is 13.2. The minimum Gasteiger partial charge on any atom is -0.480 e. The summed E-state index contributed by atoms with van der Waals surface area (Å²) in [5.41, 5.74) is 0.829. The Bertz CT molecular complexity index is 750. The molecule has 10 heteroatoms. The van der Waals surface area contributed by atoms with Crippen molar-refractivity contribution in [1.82, 2.24) is 19.5 Å². The molecule has 2 rings (SSSR count). The van der Waals surface area contributed by atoms with E-state index in [0.29, 0.717) is 5.01 Å². The van der Waals surface area contributed by atoms with Gasteiger partial charge in [0.2, 0.25) is 10.0 Å². The quantitative estimate of drug-likeness (QED) is 0.808. The first-order valence-electron chi connectivity index (χ1n) is 5.96. The second-order valence-electron chi connectivity index (χ2n) is 4.44. The molecule has 2 aromatic heterocycles. The number of nitrogens with zero attached hydrogens (tertiary/aromatic N) is 3. The van der Waals surface area contributed by atoms with Gasteiger partial charge in [0.1, 0.15) is 16.4 Å². The van der Waals surface area contributed by atoms with E-state index in [1.165, 1.54) is 17.5 Å². The third-order valence-corrected chi connectivity index (χ3v) is 5.20. The Morgan fingerprint density at radius 1 is 1.57 bits per heavy atom. The minimum absolute atomic E-state index is 0.0797. The molecule has 0 saturated heterocycles. The number of carboxylic acids is 1. The summed E-state index contributed by atoms with van der Waals surface area (Å²) in [6.45, 7) is 3.13. The summed E-state index contributed by atoms with van der Waals surface area (Å²) in [5.74, 6) is -1.10. The zero-order valence-corrected chi connectivity index (χ0v) is 13.0. The summed E-state index contributed by atoms with van der Waals surface area (Å²) in [5, 5.41) is 14.9. The summed E-state index contributed by atoms with van der Waals surface area (Å²) < 4.78 is 27.9. The molecule has 2 heterocycles. The molecule has 0 fully saturated rings. The highest BCUT2D eigenvalue weighted by atomic mass is 32.2. The van der Waals surface area contributed by atoms with Gasteiger partial charge < -0.3 is 5.11 Å². The maximum Gasteiger partial charge on any atom is 0.325 e. The average molecular weight is 330 g/mol. The van der Waals surface area contributed by atoms with E-state index in [0.717, 1.165) is 16.6 Å². The van der Waals surface area contributed by atoms with Crippen molar-refractivity contribution in [3.8, 4) is 0 Å². The van der Waals surface area contributed by atoms with Gasteiger partial charge in [-0.25, -0.2) is 18.1 Å². The van der Waals surface area contributed by atoms with Gasteiger partial charge in [0, 0.05) is 17.3 Å². The summed E-state index contributed by atoms with van der Waals surface area (Å²) in [4.78, 5) is 14.7. The number of aromatic nitrogens is 3. The molecule has 0 bridgehead atoms. The number of hydrogen-bond acceptors (Lipinski definition) is 6. The zero-order chi connectivity index (χ0) is 15.6. The van der Waals surface area contributed by atoms with E-state index in [9.17, 15) is 13.2 Å². The Morgan fingerprint density at radius 3 is 2.86 bits per heavy atom. The second-order valence-corrected chi connectivity index (χ2v) is 7.04. The van der Waals surface area contributed by atoms with E-state index in [1.54, 1.807) is 6.92 Å². The molecule has 0 spiro atoms. The largest absolute Gasteiger partial charge is 0.480 e. The number of rotatable bonds is 6. The first kappa shape index (κ1) is 15.6. The van der Waals surface area contributed by atoms with E-state index in [2.05, 4.69) is 14.8 Å². The molecule has 0 amide bonds. The molecule has 0 radical (unpaired) electrons. The molecule has 21 heavy (non-hydrogen) atoms. The van der Waals surface area contributed by atoms with E-state index in [4.69, 9.17) is 5.11 Å². The lowest BCUT2D eigenvalue weighted by atomic mass is 10.4. The van der Waals surface area contributed by atoms with Crippen molar-refractivity contribution < 1.29 is 18.3 Å². The van der Waals surface area contributed by atoms with E-state index in [-0.39, 0.29) is 4.90 Å². The van der Waals surface area contributed by atoms with Gasteiger partial charge in [0.05, 0.1) is 12.2 Å². The fourth-order valence-electron chi connectivity index (χ4n) is 1.63. The van der Waals surface area contributed by atoms with Crippen LogP contribution in [0.2, 0.25) is 0 Å². The Hall–Kier alpha value is -1.78. The van der Waals surface area contributed by atoms with Gasteiger partial charge >= 0.3 is 5.97 Å². The van der Waals surface area contributed by atoms with Crippen LogP contribution in [0.1, 0.15) is 23.7 Å². The average Bonchev–Trinajstić information content (AvgIpc) is 2.97. The maximum absolute atomic E-state index is 12.2. The topological polar surface area (TPSA) is 114 Å². The smallest absolute Gasteiger partial charge is 0.325 e. The lowest BCUT2D eigenvalue weighted by molar-refractivity contribution is -0.137. The molecule has 0 saturated carbocycles. The van der Waals surface area contributed by atoms with Gasteiger partial charge in [-0.2, -0.15) is 5.10 Å². The molecule has 1 unspecified atom stereocenters. The van der Waals surface area contributed by atoms with Crippen LogP contribution in [0.25, 0.3) is 0 Å². The van der Waals surface area contributed by atoms with Crippen molar-refractivity contribution in [1.29, 1.82) is 0 Å². The fourth-order valence-corrected chi connectivity index (χ4v) is 3.67. The number of aryl methyl sites for hydroxylation is 1. The predicted molar refractivity (Wildman–Crippen MR) is 75.5 cm³/mol. The Balaban J connectivity index is 2.14. The number of hydrogen-bond donors (Lipinski definition) is 2. The molecule has 0 aliphatic rings. The summed E-state index contributed by atoms with van der Waals surface area (Å²) in [6.07, 6.45) is 2.29. The molecule has 0 aliphatic heterocycles. The standard InChI is InChI=1S/C11H14N4O4S2/c1-7-6-20-11(13-7)8(2)14-21(18,19)9-3-12-15(4-9)5-10(16)17/h3-4,6,8,14H,5H2,1-2H3,(H,16,17). The highest BCUT2D eigenvalue weighted by molar-refractivity contribution is 7.89. The van der Waals surface area contributed by atoms with Crippen LogP contribution in [0.5, 0.6) is 0 Å². The van der Waals surface area contributed by atoms with Crippen molar-refractivity contribution in [2.45, 2.75) is 31.3 Å². The van der Waals surface area contributed by atoms with Crippen LogP contribution in [0.4, 0.5) is 0 Å². The Kier molecular flexibility index (Phi) is 4.40. The van der Waals surface area contributed by atoms with Crippen molar-refractivity contribution in [3.63, 3.8) is 0 Å². The lowest BCUT2D eigenvalue weighted by Gasteiger charge is -2.10. The van der Waals surface area contributed by atoms with Gasteiger partial charge in [0.25, 0.3) is 0 Å². The zero-order valence-electron chi connectivity index (χ0n) is 11.3. The molecular formula is C11H14N4O4S2. The van der Waals surface area contributed by atoms with Crippen LogP contribution in [0, 0.1) is 6.92 Å². The van der Waals surface area contributed by atoms with E-state index in [1.807, 2.05) is 12.3 Å². The highest BCUT2D eigenvalue weighted by Gasteiger charge is 2.22. The monoisotopic (exact) mass is 330 g/mol. The molecule has 8 nitrogen and oxygen atoms in total. The van der Waals surface area contributed by atoms with Crippen molar-refractivity contribution in [3.05, 3.63) is 28.5 Å². The SMILES string of the molecule is Cc1csc(C(C)NS(=O)(=O)c2cnn(CC(=O)O)c2)n1. The highest BCUT2D eigenvalue weighted by Crippen LogP contribution is 2.20. The van der Waals surface area contributed by atoms with Crippen molar-refractivity contribution in [2.24, 2.45) is 0 Å². The van der Waals surface area contributed by atoms with Crippen LogP contribution in [0.15, 0.2) is 22.7 Å². The van der Waals surface area contributed by atoms with Gasteiger partial charge in [-0.15, -0.1) is 11.3 Å². The lowest BCUT2D eigenvalue weighted by Crippen LogP contribution is -2.26. The van der Waals surface area contributed by atoms with Gasteiger partial charge in [-0.1, -0.05) is 0 Å². The molecule has 0 aromatic carbocycles. The number of carboxylic acid groups (broad SMARTS) is 1. The van der Waals surface area contributed by atoms with Crippen LogP contribution in [-0.4, -0.2) is 34.3 Å². The summed E-state index contributed by atoms with van der Waals surface area (Å²) in [7, 11) is -3.77. The van der Waals surface area contributed by atoms with Crippen LogP contribution in [0.3, 0.4) is 0 Å². The number of sulfonamides is 1. The Labute approximate surface area is 125 Å². The van der Waals surface area contributed by atoms with Crippen LogP contribution >= 0.6 is 11.3 Å². The number of aliphatic carboxylic acids is 1. The fraction of sp³-hybridized carbons (Fsp3) is 0.364. The van der Waals surface area contributed by atoms with E-state index < -0.39 is 28.6 Å². The summed E-state index contributed by atoms with van der Waals surface area (Å²) in [6, 6.07) is -0.475. The number of carbonyl (C=O) groups is 1. The van der Waals surface area contributed by atoms with Gasteiger partial charge in [-0.3, -0.25) is 9.48 Å².